The smallest absolute Gasteiger partial charge is 0.414 e. The summed E-state index contributed by atoms with van der Waals surface area (Å²) in [4.78, 5) is 54.0. The van der Waals surface area contributed by atoms with Crippen LogP contribution in [0, 0.1) is 13.8 Å². The number of esters is 2. The van der Waals surface area contributed by atoms with Crippen molar-refractivity contribution < 1.29 is 47.6 Å². The molecule has 2 atom stereocenters. The van der Waals surface area contributed by atoms with Crippen LogP contribution in [0.5, 0.6) is 11.5 Å². The second kappa shape index (κ2) is 15.0. The highest BCUT2D eigenvalue weighted by atomic mass is 16.6. The molecule has 248 valence electrons. The third-order valence-electron chi connectivity index (χ3n) is 6.16. The zero-order chi connectivity index (χ0) is 34.3. The van der Waals surface area contributed by atoms with Crippen molar-refractivity contribution in [1.82, 2.24) is 0 Å². The first-order valence-corrected chi connectivity index (χ1v) is 14.5. The van der Waals surface area contributed by atoms with Gasteiger partial charge in [-0.15, -0.1) is 0 Å². The Morgan fingerprint density at radius 2 is 1.07 bits per heavy atom. The summed E-state index contributed by atoms with van der Waals surface area (Å²) in [5.74, 6) is -1.23. The van der Waals surface area contributed by atoms with Gasteiger partial charge in [0.1, 0.15) is 22.7 Å². The minimum Gasteiger partial charge on any atom is -0.474 e. The van der Waals surface area contributed by atoms with Crippen LogP contribution in [0.1, 0.15) is 59.6 Å². The van der Waals surface area contributed by atoms with Gasteiger partial charge in [-0.1, -0.05) is 0 Å². The van der Waals surface area contributed by atoms with E-state index in [9.17, 15) is 19.2 Å². The number of benzene rings is 2. The first-order valence-electron chi connectivity index (χ1n) is 14.5. The van der Waals surface area contributed by atoms with Gasteiger partial charge in [-0.2, -0.15) is 0 Å². The van der Waals surface area contributed by atoms with Crippen LogP contribution in [0.25, 0.3) is 0 Å². The van der Waals surface area contributed by atoms with E-state index in [1.807, 2.05) is 0 Å². The van der Waals surface area contributed by atoms with Gasteiger partial charge in [-0.25, -0.2) is 19.2 Å². The number of carbonyl (C=O) groups excluding carboxylic acids is 4. The van der Waals surface area contributed by atoms with Crippen LogP contribution in [0.2, 0.25) is 0 Å². The minimum atomic E-state index is -1.56. The first-order chi connectivity index (χ1) is 20.8. The lowest BCUT2D eigenvalue weighted by molar-refractivity contribution is -0.167. The standard InChI is InChI=1S/C33H46N2O10/c1-13-41-29(37)27(43-25-17-15-23(19-21(25)3)35(11)31(39)45-33(7,8)9)26(28(36)40-12)42-24-16-14-22(18-20(24)2)34(10)30(38)44-32(4,5)6/h14-19,26-27H,13H2,1-12H3. The van der Waals surface area contributed by atoms with E-state index in [1.54, 1.807) is 113 Å². The Kier molecular flexibility index (Phi) is 12.2. The molecular formula is C33H46N2O10. The van der Waals surface area contributed by atoms with Crippen molar-refractivity contribution in [1.29, 1.82) is 0 Å². The fraction of sp³-hybridized carbons (Fsp3) is 0.515. The van der Waals surface area contributed by atoms with Gasteiger partial charge in [-0.05, 0) is 110 Å². The van der Waals surface area contributed by atoms with Gasteiger partial charge in [0.05, 0.1) is 13.7 Å². The molecule has 12 heteroatoms. The van der Waals surface area contributed by atoms with Crippen LogP contribution >= 0.6 is 0 Å². The maximum absolute atomic E-state index is 13.2. The molecule has 2 aromatic carbocycles. The number of rotatable bonds is 10. The van der Waals surface area contributed by atoms with Gasteiger partial charge in [0.15, 0.2) is 0 Å². The number of carbonyl (C=O) groups is 4. The van der Waals surface area contributed by atoms with Gasteiger partial charge < -0.3 is 28.4 Å². The van der Waals surface area contributed by atoms with Crippen molar-refractivity contribution >= 4 is 35.5 Å². The van der Waals surface area contributed by atoms with Crippen molar-refractivity contribution in [2.24, 2.45) is 0 Å². The molecular weight excluding hydrogens is 584 g/mol. The lowest BCUT2D eigenvalue weighted by Gasteiger charge is -2.28. The molecule has 12 nitrogen and oxygen atoms in total. The maximum Gasteiger partial charge on any atom is 0.414 e. The highest BCUT2D eigenvalue weighted by Gasteiger charge is 2.41. The van der Waals surface area contributed by atoms with Crippen molar-refractivity contribution in [3.8, 4) is 11.5 Å². The summed E-state index contributed by atoms with van der Waals surface area (Å²) in [6, 6.07) is 9.73. The summed E-state index contributed by atoms with van der Waals surface area (Å²) in [6.07, 6.45) is -4.21. The second-order valence-electron chi connectivity index (χ2n) is 12.3. The van der Waals surface area contributed by atoms with Crippen molar-refractivity contribution in [3.05, 3.63) is 47.5 Å². The molecule has 0 spiro atoms. The van der Waals surface area contributed by atoms with Crippen LogP contribution in [-0.4, -0.2) is 75.3 Å². The Morgan fingerprint density at radius 1 is 0.689 bits per heavy atom. The average molecular weight is 631 g/mol. The topological polar surface area (TPSA) is 130 Å². The number of hydrogen-bond donors (Lipinski definition) is 0. The number of methoxy groups -OCH3 is 1. The molecule has 2 amide bonds. The summed E-state index contributed by atoms with van der Waals surface area (Å²) >= 11 is 0. The second-order valence-corrected chi connectivity index (χ2v) is 12.3. The third kappa shape index (κ3) is 10.6. The van der Waals surface area contributed by atoms with Gasteiger partial charge in [0, 0.05) is 25.5 Å². The summed E-state index contributed by atoms with van der Waals surface area (Å²) in [5.41, 5.74) is 0.818. The number of aryl methyl sites for hydroxylation is 2. The first kappa shape index (κ1) is 36.7. The van der Waals surface area contributed by atoms with Crippen LogP contribution < -0.4 is 19.3 Å². The normalized spacial score (nSPS) is 12.7. The number of anilines is 2. The molecule has 0 fully saturated rings. The molecule has 0 aliphatic heterocycles. The Labute approximate surface area is 265 Å². The van der Waals surface area contributed by atoms with E-state index in [1.165, 1.54) is 16.9 Å². The van der Waals surface area contributed by atoms with Crippen LogP contribution in [0.3, 0.4) is 0 Å². The molecule has 0 saturated carbocycles. The van der Waals surface area contributed by atoms with Gasteiger partial charge in [0.2, 0.25) is 12.2 Å². The zero-order valence-electron chi connectivity index (χ0n) is 28.3. The molecule has 2 aromatic rings. The van der Waals surface area contributed by atoms with Gasteiger partial charge in [0.25, 0.3) is 0 Å². The van der Waals surface area contributed by atoms with Crippen molar-refractivity contribution in [2.75, 3.05) is 37.6 Å². The summed E-state index contributed by atoms with van der Waals surface area (Å²) in [7, 11) is 4.31. The van der Waals surface area contributed by atoms with E-state index >= 15 is 0 Å². The Morgan fingerprint density at radius 3 is 1.38 bits per heavy atom. The highest BCUT2D eigenvalue weighted by Crippen LogP contribution is 2.30. The van der Waals surface area contributed by atoms with Crippen LogP contribution in [0.15, 0.2) is 36.4 Å². The summed E-state index contributed by atoms with van der Waals surface area (Å²) in [5, 5.41) is 0. The Hall–Kier alpha value is -4.48. The molecule has 0 heterocycles. The quantitative estimate of drug-likeness (QED) is 0.228. The fourth-order valence-electron chi connectivity index (χ4n) is 3.90. The van der Waals surface area contributed by atoms with E-state index in [0.29, 0.717) is 22.5 Å². The van der Waals surface area contributed by atoms with Crippen LogP contribution in [0.4, 0.5) is 21.0 Å². The molecule has 2 rings (SSSR count). The zero-order valence-corrected chi connectivity index (χ0v) is 28.3. The van der Waals surface area contributed by atoms with Gasteiger partial charge >= 0.3 is 24.1 Å². The largest absolute Gasteiger partial charge is 0.474 e. The average Bonchev–Trinajstić information content (AvgIpc) is 2.93. The number of nitrogens with zero attached hydrogens (tertiary/aromatic N) is 2. The molecule has 0 bridgehead atoms. The SMILES string of the molecule is CCOC(=O)C(Oc1ccc(N(C)C(=O)OC(C)(C)C)cc1C)C(Oc1ccc(N(C)C(=O)OC(C)(C)C)cc1C)C(=O)OC. The molecule has 0 radical (unpaired) electrons. The third-order valence-corrected chi connectivity index (χ3v) is 6.16. The number of hydrogen-bond acceptors (Lipinski definition) is 10. The maximum atomic E-state index is 13.2. The number of amides is 2. The summed E-state index contributed by atoms with van der Waals surface area (Å²) in [6.45, 7) is 15.7. The van der Waals surface area contributed by atoms with E-state index < -0.39 is 47.5 Å². The van der Waals surface area contributed by atoms with Crippen molar-refractivity contribution in [2.45, 2.75) is 85.7 Å². The lowest BCUT2D eigenvalue weighted by atomic mass is 10.1. The number of ether oxygens (including phenoxy) is 6. The fourth-order valence-corrected chi connectivity index (χ4v) is 3.90. The molecule has 0 aromatic heterocycles. The van der Waals surface area contributed by atoms with E-state index in [2.05, 4.69) is 0 Å². The lowest BCUT2D eigenvalue weighted by Crippen LogP contribution is -2.49. The molecule has 0 aliphatic rings. The van der Waals surface area contributed by atoms with Gasteiger partial charge in [-0.3, -0.25) is 9.80 Å². The van der Waals surface area contributed by atoms with Crippen molar-refractivity contribution in [3.63, 3.8) is 0 Å². The molecule has 2 unspecified atom stereocenters. The monoisotopic (exact) mass is 630 g/mol. The Balaban J connectivity index is 2.41. The predicted molar refractivity (Wildman–Crippen MR) is 169 cm³/mol. The van der Waals surface area contributed by atoms with E-state index in [0.717, 1.165) is 0 Å². The highest BCUT2D eigenvalue weighted by molar-refractivity contribution is 5.89. The predicted octanol–water partition coefficient (Wildman–Crippen LogP) is 5.98. The molecule has 0 saturated heterocycles. The molecule has 0 N–H and O–H groups in total. The summed E-state index contributed by atoms with van der Waals surface area (Å²) < 4.78 is 33.2. The minimum absolute atomic E-state index is 0.0237. The molecule has 45 heavy (non-hydrogen) atoms. The van der Waals surface area contributed by atoms with Crippen LogP contribution in [-0.2, 0) is 28.5 Å². The van der Waals surface area contributed by atoms with E-state index in [-0.39, 0.29) is 18.1 Å². The van der Waals surface area contributed by atoms with E-state index in [4.69, 9.17) is 28.4 Å². The Bertz CT molecular complexity index is 1380. The molecule has 0 aliphatic carbocycles.